The summed E-state index contributed by atoms with van der Waals surface area (Å²) in [5.74, 6) is -0.317. The molecule has 1 saturated heterocycles. The molecule has 3 heterocycles. The second-order valence-corrected chi connectivity index (χ2v) is 11.9. The van der Waals surface area contributed by atoms with Crippen molar-refractivity contribution < 1.29 is 33.3 Å². The number of fused-ring (bicyclic) bond motifs is 1. The second-order valence-electron chi connectivity index (χ2n) is 9.71. The number of carbonyl (C=O) groups excluding carboxylic acids is 2. The van der Waals surface area contributed by atoms with Gasteiger partial charge in [0, 0.05) is 11.3 Å². The molecule has 43 heavy (non-hydrogen) atoms. The first kappa shape index (κ1) is 28.7. The maximum Gasteiger partial charge on any atom is 0.301 e. The molecule has 220 valence electrons. The maximum atomic E-state index is 13.6. The number of aromatic nitrogens is 2. The number of amides is 1. The molecule has 3 aromatic carbocycles. The van der Waals surface area contributed by atoms with Gasteiger partial charge in [0.25, 0.3) is 5.78 Å². The number of anilines is 1. The van der Waals surface area contributed by atoms with Crippen LogP contribution >= 0.6 is 23.1 Å². The van der Waals surface area contributed by atoms with Gasteiger partial charge in [-0.05, 0) is 60.0 Å². The van der Waals surface area contributed by atoms with Crippen LogP contribution in [0.5, 0.6) is 17.2 Å². The number of aliphatic hydroxyl groups excluding tert-OH is 1. The second kappa shape index (κ2) is 12.4. The Bertz CT molecular complexity index is 1710. The number of hydrogen-bond donors (Lipinski definition) is 1. The zero-order valence-corrected chi connectivity index (χ0v) is 24.6. The molecule has 1 aromatic heterocycles. The smallest absolute Gasteiger partial charge is 0.301 e. The minimum atomic E-state index is -0.999. The third-order valence-electron chi connectivity index (χ3n) is 6.78. The Morgan fingerprint density at radius 1 is 1.07 bits per heavy atom. The van der Waals surface area contributed by atoms with E-state index in [9.17, 15) is 19.1 Å². The number of Topliss-reactive ketones (excluding diaryl/α,β-unsaturated/α-hetero) is 1. The lowest BCUT2D eigenvalue weighted by Gasteiger charge is -2.23. The van der Waals surface area contributed by atoms with E-state index in [2.05, 4.69) is 10.2 Å². The molecule has 1 atom stereocenters. The van der Waals surface area contributed by atoms with Crippen LogP contribution in [0.1, 0.15) is 36.1 Å². The fourth-order valence-electron chi connectivity index (χ4n) is 4.77. The number of halogens is 1. The monoisotopic (exact) mass is 619 g/mol. The number of ketones is 1. The third kappa shape index (κ3) is 5.93. The molecule has 2 aliphatic heterocycles. The number of aliphatic hydroxyl groups is 1. The molecule has 1 unspecified atom stereocenters. The topological polar surface area (TPSA) is 111 Å². The van der Waals surface area contributed by atoms with Crippen LogP contribution in [0.4, 0.5) is 9.52 Å². The zero-order chi connectivity index (χ0) is 29.9. The van der Waals surface area contributed by atoms with Gasteiger partial charge in [-0.3, -0.25) is 14.5 Å². The summed E-state index contributed by atoms with van der Waals surface area (Å²) in [5.41, 5.74) is 1.66. The van der Waals surface area contributed by atoms with E-state index in [4.69, 9.17) is 14.2 Å². The van der Waals surface area contributed by atoms with Crippen LogP contribution in [0.2, 0.25) is 0 Å². The van der Waals surface area contributed by atoms with Gasteiger partial charge in [0.15, 0.2) is 15.8 Å². The predicted octanol–water partition coefficient (Wildman–Crippen LogP) is 6.16. The minimum absolute atomic E-state index is 0.0926. The Morgan fingerprint density at radius 2 is 1.86 bits per heavy atom. The van der Waals surface area contributed by atoms with E-state index < -0.39 is 17.7 Å². The molecule has 1 amide bonds. The highest BCUT2D eigenvalue weighted by atomic mass is 32.2. The number of rotatable bonds is 9. The van der Waals surface area contributed by atoms with Crippen molar-refractivity contribution in [3.8, 4) is 17.2 Å². The van der Waals surface area contributed by atoms with E-state index in [0.29, 0.717) is 58.3 Å². The first-order valence-electron chi connectivity index (χ1n) is 13.6. The van der Waals surface area contributed by atoms with Crippen LogP contribution in [0, 0.1) is 5.82 Å². The average Bonchev–Trinajstić information content (AvgIpc) is 3.61. The van der Waals surface area contributed by atoms with Gasteiger partial charge in [-0.15, -0.1) is 10.2 Å². The highest BCUT2D eigenvalue weighted by Gasteiger charge is 2.48. The molecule has 0 spiro atoms. The Balaban J connectivity index is 1.39. The molecule has 4 aromatic rings. The summed E-state index contributed by atoms with van der Waals surface area (Å²) in [7, 11) is 0. The quantitative estimate of drug-likeness (QED) is 0.0775. The van der Waals surface area contributed by atoms with Crippen LogP contribution in [-0.4, -0.2) is 46.8 Å². The molecule has 1 fully saturated rings. The van der Waals surface area contributed by atoms with Crippen molar-refractivity contribution in [3.63, 3.8) is 0 Å². The van der Waals surface area contributed by atoms with Crippen molar-refractivity contribution in [2.24, 2.45) is 0 Å². The van der Waals surface area contributed by atoms with Crippen molar-refractivity contribution >= 4 is 45.7 Å². The van der Waals surface area contributed by atoms with E-state index in [1.807, 2.05) is 6.92 Å². The van der Waals surface area contributed by atoms with Crippen molar-refractivity contribution in [1.29, 1.82) is 0 Å². The molecular formula is C31H26FN3O6S2. The van der Waals surface area contributed by atoms with Gasteiger partial charge < -0.3 is 19.3 Å². The summed E-state index contributed by atoms with van der Waals surface area (Å²) in [6.07, 6.45) is 0.802. The van der Waals surface area contributed by atoms with Crippen molar-refractivity contribution in [1.82, 2.24) is 10.2 Å². The summed E-state index contributed by atoms with van der Waals surface area (Å²) in [6.45, 7) is 3.25. The summed E-state index contributed by atoms with van der Waals surface area (Å²) >= 11 is 2.53. The Kier molecular flexibility index (Phi) is 8.30. The molecule has 1 N–H and O–H groups in total. The number of benzene rings is 3. The average molecular weight is 620 g/mol. The highest BCUT2D eigenvalue weighted by Crippen LogP contribution is 2.45. The van der Waals surface area contributed by atoms with Crippen LogP contribution in [-0.2, 0) is 15.3 Å². The van der Waals surface area contributed by atoms with E-state index >= 15 is 0 Å². The molecule has 0 bridgehead atoms. The maximum absolute atomic E-state index is 13.6. The minimum Gasteiger partial charge on any atom is -0.507 e. The van der Waals surface area contributed by atoms with Crippen LogP contribution in [0.25, 0.3) is 5.76 Å². The lowest BCUT2D eigenvalue weighted by atomic mass is 9.95. The molecule has 9 nitrogen and oxygen atoms in total. The van der Waals surface area contributed by atoms with E-state index in [-0.39, 0.29) is 22.3 Å². The molecule has 0 aliphatic carbocycles. The number of ether oxygens (including phenoxy) is 3. The van der Waals surface area contributed by atoms with Gasteiger partial charge in [-0.2, -0.15) is 0 Å². The SMILES string of the molecule is CCCOc1cccc(C2/C(=C(/O)c3ccc4c(c3)OCCO4)C(=O)C(=O)N2c2nnc(SCc3ccc(F)cc3)s2)c1. The number of nitrogens with zero attached hydrogens (tertiary/aromatic N) is 3. The lowest BCUT2D eigenvalue weighted by Crippen LogP contribution is -2.29. The fourth-order valence-corrected chi connectivity index (χ4v) is 6.59. The van der Waals surface area contributed by atoms with E-state index in [1.165, 1.54) is 28.8 Å². The van der Waals surface area contributed by atoms with Crippen LogP contribution < -0.4 is 19.1 Å². The summed E-state index contributed by atoms with van der Waals surface area (Å²) in [4.78, 5) is 28.5. The van der Waals surface area contributed by atoms with Crippen molar-refractivity contribution in [2.75, 3.05) is 24.7 Å². The molecule has 2 aliphatic rings. The van der Waals surface area contributed by atoms with E-state index in [1.54, 1.807) is 54.6 Å². The predicted molar refractivity (Wildman–Crippen MR) is 160 cm³/mol. The molecule has 12 heteroatoms. The van der Waals surface area contributed by atoms with Gasteiger partial charge in [-0.1, -0.05) is 54.3 Å². The van der Waals surface area contributed by atoms with Crippen molar-refractivity contribution in [3.05, 3.63) is 94.8 Å². The molecule has 6 rings (SSSR count). The highest BCUT2D eigenvalue weighted by molar-refractivity contribution is 8.00. The molecular weight excluding hydrogens is 593 g/mol. The van der Waals surface area contributed by atoms with Gasteiger partial charge >= 0.3 is 5.91 Å². The first-order chi connectivity index (χ1) is 20.9. The lowest BCUT2D eigenvalue weighted by molar-refractivity contribution is -0.132. The fraction of sp³-hybridized carbons (Fsp3) is 0.226. The normalized spacial score (nSPS) is 17.3. The van der Waals surface area contributed by atoms with Gasteiger partial charge in [0.05, 0.1) is 18.2 Å². The summed E-state index contributed by atoms with van der Waals surface area (Å²) < 4.78 is 30.9. The van der Waals surface area contributed by atoms with Crippen molar-refractivity contribution in [2.45, 2.75) is 29.5 Å². The van der Waals surface area contributed by atoms with Gasteiger partial charge in [0.1, 0.15) is 30.5 Å². The zero-order valence-electron chi connectivity index (χ0n) is 23.0. The number of carbonyl (C=O) groups is 2. The van der Waals surface area contributed by atoms with Gasteiger partial charge in [-0.25, -0.2) is 4.39 Å². The summed E-state index contributed by atoms with van der Waals surface area (Å²) in [6, 6.07) is 17.1. The first-order valence-corrected chi connectivity index (χ1v) is 15.4. The molecule has 0 saturated carbocycles. The Labute approximate surface area is 254 Å². The van der Waals surface area contributed by atoms with Gasteiger partial charge in [0.2, 0.25) is 5.13 Å². The third-order valence-corrected chi connectivity index (χ3v) is 8.91. The standard InChI is InChI=1S/C31H26FN3O6S2/c1-2-12-39-22-5-3-4-19(15-22)26-25(27(36)20-8-11-23-24(16-20)41-14-13-40-23)28(37)29(38)35(26)30-33-34-31(43-30)42-17-18-6-9-21(32)10-7-18/h3-11,15-16,26,36H,2,12-14,17H2,1H3/b27-25-. The van der Waals surface area contributed by atoms with Crippen LogP contribution in [0.15, 0.2) is 76.6 Å². The van der Waals surface area contributed by atoms with Crippen LogP contribution in [0.3, 0.4) is 0 Å². The number of hydrogen-bond acceptors (Lipinski definition) is 10. The van der Waals surface area contributed by atoms with E-state index in [0.717, 1.165) is 23.3 Å². The largest absolute Gasteiger partial charge is 0.507 e. The Hall–Kier alpha value is -4.42. The number of thioether (sulfide) groups is 1. The summed E-state index contributed by atoms with van der Waals surface area (Å²) in [5, 5.41) is 20.2. The molecule has 0 radical (unpaired) electrons. The Morgan fingerprint density at radius 3 is 2.65 bits per heavy atom.